The largest absolute Gasteiger partial charge is 0.384 e. The number of aryl methyl sites for hydroxylation is 1. The molecule has 112 valence electrons. The Labute approximate surface area is 126 Å². The first kappa shape index (κ1) is 15.6. The van der Waals surface area contributed by atoms with Gasteiger partial charge in [-0.2, -0.15) is 0 Å². The van der Waals surface area contributed by atoms with Crippen molar-refractivity contribution in [2.24, 2.45) is 5.41 Å². The van der Waals surface area contributed by atoms with E-state index < -0.39 is 0 Å². The van der Waals surface area contributed by atoms with Crippen LogP contribution in [0.25, 0.3) is 0 Å². The van der Waals surface area contributed by atoms with Crippen LogP contribution in [0.4, 0.5) is 0 Å². The molecule has 1 fully saturated rings. The smallest absolute Gasteiger partial charge is 0.252 e. The lowest BCUT2D eigenvalue weighted by molar-refractivity contribution is 0.0850. The lowest BCUT2D eigenvalue weighted by atomic mass is 9.67. The molecule has 0 radical (unpaired) electrons. The van der Waals surface area contributed by atoms with E-state index in [0.717, 1.165) is 18.5 Å². The van der Waals surface area contributed by atoms with Gasteiger partial charge >= 0.3 is 0 Å². The summed E-state index contributed by atoms with van der Waals surface area (Å²) in [6.45, 7) is 4.69. The van der Waals surface area contributed by atoms with Crippen LogP contribution in [0.1, 0.15) is 54.1 Å². The van der Waals surface area contributed by atoms with E-state index in [1.54, 1.807) is 0 Å². The van der Waals surface area contributed by atoms with Gasteiger partial charge in [0.05, 0.1) is 5.56 Å². The predicted molar refractivity (Wildman–Crippen MR) is 84.1 cm³/mol. The Morgan fingerprint density at radius 3 is 2.76 bits per heavy atom. The van der Waals surface area contributed by atoms with E-state index >= 15 is 0 Å². The lowest BCUT2D eigenvalue weighted by Crippen LogP contribution is -2.41. The molecular formula is C18H23NO2. The highest BCUT2D eigenvalue weighted by Crippen LogP contribution is 2.43. The summed E-state index contributed by atoms with van der Waals surface area (Å²) < 4.78 is 0. The predicted octanol–water partition coefficient (Wildman–Crippen LogP) is 2.65. The Balaban J connectivity index is 2.11. The van der Waals surface area contributed by atoms with Gasteiger partial charge in [-0.15, -0.1) is 0 Å². The number of carbonyl (C=O) groups is 1. The minimum atomic E-state index is -0.200. The molecular weight excluding hydrogens is 262 g/mol. The van der Waals surface area contributed by atoms with Gasteiger partial charge in [0.25, 0.3) is 5.91 Å². The van der Waals surface area contributed by atoms with E-state index in [1.165, 1.54) is 19.3 Å². The summed E-state index contributed by atoms with van der Waals surface area (Å²) in [6.07, 6.45) is 4.78. The third-order valence-electron chi connectivity index (χ3n) is 4.51. The van der Waals surface area contributed by atoms with Crippen molar-refractivity contribution in [3.63, 3.8) is 0 Å². The molecule has 3 nitrogen and oxygen atoms in total. The number of aliphatic hydroxyl groups is 1. The molecule has 0 spiro atoms. The van der Waals surface area contributed by atoms with Crippen LogP contribution in [0.5, 0.6) is 0 Å². The van der Waals surface area contributed by atoms with Crippen LogP contribution in [0, 0.1) is 24.2 Å². The highest BCUT2D eigenvalue weighted by Gasteiger charge is 2.35. The van der Waals surface area contributed by atoms with Crippen molar-refractivity contribution in [1.29, 1.82) is 0 Å². The molecule has 0 saturated heterocycles. The zero-order chi connectivity index (χ0) is 15.3. The maximum absolute atomic E-state index is 12.4. The van der Waals surface area contributed by atoms with Crippen molar-refractivity contribution in [3.8, 4) is 11.8 Å². The third kappa shape index (κ3) is 3.65. The molecule has 0 aromatic heterocycles. The Morgan fingerprint density at radius 1 is 1.43 bits per heavy atom. The third-order valence-corrected chi connectivity index (χ3v) is 4.51. The first-order valence-corrected chi connectivity index (χ1v) is 7.59. The fraction of sp³-hybridized carbons (Fsp3) is 0.500. The van der Waals surface area contributed by atoms with E-state index in [1.807, 2.05) is 25.1 Å². The van der Waals surface area contributed by atoms with Crippen LogP contribution in [0.3, 0.4) is 0 Å². The van der Waals surface area contributed by atoms with Crippen LogP contribution in [0.2, 0.25) is 0 Å². The number of nitrogens with one attached hydrogen (secondary N) is 1. The van der Waals surface area contributed by atoms with Crippen molar-refractivity contribution < 1.29 is 9.90 Å². The Kier molecular flexibility index (Phi) is 5.03. The van der Waals surface area contributed by atoms with Gasteiger partial charge in [-0.1, -0.05) is 31.3 Å². The number of benzene rings is 1. The SMILES string of the molecule is CCC1(CNC(=O)c2ccc(C)cc2C#CCO)CCC1. The molecule has 0 heterocycles. The maximum atomic E-state index is 12.4. The fourth-order valence-electron chi connectivity index (χ4n) is 2.79. The van der Waals surface area contributed by atoms with Crippen molar-refractivity contribution in [3.05, 3.63) is 34.9 Å². The van der Waals surface area contributed by atoms with Crippen LogP contribution in [-0.2, 0) is 0 Å². The van der Waals surface area contributed by atoms with Gasteiger partial charge in [-0.05, 0) is 49.3 Å². The van der Waals surface area contributed by atoms with E-state index in [0.29, 0.717) is 16.5 Å². The average Bonchev–Trinajstić information content (AvgIpc) is 2.44. The Morgan fingerprint density at radius 2 is 2.19 bits per heavy atom. The molecule has 1 aliphatic rings. The molecule has 0 bridgehead atoms. The number of aliphatic hydroxyl groups excluding tert-OH is 1. The molecule has 1 aliphatic carbocycles. The number of hydrogen-bond acceptors (Lipinski definition) is 2. The fourth-order valence-corrected chi connectivity index (χ4v) is 2.79. The van der Waals surface area contributed by atoms with Gasteiger partial charge in [0.2, 0.25) is 0 Å². The lowest BCUT2D eigenvalue weighted by Gasteiger charge is -2.41. The number of carbonyl (C=O) groups excluding carboxylic acids is 1. The van der Waals surface area contributed by atoms with E-state index in [2.05, 4.69) is 24.1 Å². The molecule has 0 atom stereocenters. The van der Waals surface area contributed by atoms with Gasteiger partial charge in [0.15, 0.2) is 0 Å². The molecule has 1 saturated carbocycles. The van der Waals surface area contributed by atoms with Gasteiger partial charge in [0.1, 0.15) is 6.61 Å². The summed E-state index contributed by atoms with van der Waals surface area (Å²) in [5, 5.41) is 11.9. The van der Waals surface area contributed by atoms with Crippen LogP contribution >= 0.6 is 0 Å². The summed E-state index contributed by atoms with van der Waals surface area (Å²) in [5.41, 5.74) is 2.63. The molecule has 0 unspecified atom stereocenters. The molecule has 3 heteroatoms. The summed E-state index contributed by atoms with van der Waals surface area (Å²) in [7, 11) is 0. The monoisotopic (exact) mass is 285 g/mol. The second kappa shape index (κ2) is 6.78. The quantitative estimate of drug-likeness (QED) is 0.836. The molecule has 2 rings (SSSR count). The molecule has 1 amide bonds. The number of hydrogen-bond donors (Lipinski definition) is 2. The minimum Gasteiger partial charge on any atom is -0.384 e. The zero-order valence-corrected chi connectivity index (χ0v) is 12.8. The average molecular weight is 285 g/mol. The van der Waals surface area contributed by atoms with E-state index in [4.69, 9.17) is 5.11 Å². The standard InChI is InChI=1S/C18H23NO2/c1-3-18(9-5-10-18)13-19-17(21)16-8-7-14(2)12-15(16)6-4-11-20/h7-8,12,20H,3,5,9-11,13H2,1-2H3,(H,19,21). The van der Waals surface area contributed by atoms with E-state index in [9.17, 15) is 4.79 Å². The Hall–Kier alpha value is -1.79. The second-order valence-electron chi connectivity index (χ2n) is 5.90. The van der Waals surface area contributed by atoms with Crippen LogP contribution in [0.15, 0.2) is 18.2 Å². The van der Waals surface area contributed by atoms with Gasteiger partial charge in [-0.25, -0.2) is 0 Å². The van der Waals surface area contributed by atoms with Gasteiger partial charge < -0.3 is 10.4 Å². The molecule has 1 aromatic carbocycles. The maximum Gasteiger partial charge on any atom is 0.252 e. The number of amides is 1. The normalized spacial score (nSPS) is 15.6. The van der Waals surface area contributed by atoms with Crippen molar-refractivity contribution in [2.75, 3.05) is 13.2 Å². The van der Waals surface area contributed by atoms with Crippen molar-refractivity contribution in [1.82, 2.24) is 5.32 Å². The van der Waals surface area contributed by atoms with Crippen LogP contribution < -0.4 is 5.32 Å². The first-order valence-electron chi connectivity index (χ1n) is 7.59. The van der Waals surface area contributed by atoms with Crippen molar-refractivity contribution in [2.45, 2.75) is 39.5 Å². The Bertz CT molecular complexity index is 571. The highest BCUT2D eigenvalue weighted by atomic mass is 16.2. The molecule has 0 aliphatic heterocycles. The summed E-state index contributed by atoms with van der Waals surface area (Å²) in [5.74, 6) is 5.41. The van der Waals surface area contributed by atoms with Crippen LogP contribution in [-0.4, -0.2) is 24.2 Å². The summed E-state index contributed by atoms with van der Waals surface area (Å²) in [6, 6.07) is 5.61. The molecule has 21 heavy (non-hydrogen) atoms. The van der Waals surface area contributed by atoms with Gasteiger partial charge in [-0.3, -0.25) is 4.79 Å². The number of rotatable bonds is 4. The minimum absolute atomic E-state index is 0.0723. The molecule has 1 aromatic rings. The first-order chi connectivity index (χ1) is 10.1. The summed E-state index contributed by atoms with van der Waals surface area (Å²) in [4.78, 5) is 12.4. The second-order valence-corrected chi connectivity index (χ2v) is 5.90. The van der Waals surface area contributed by atoms with Crippen molar-refractivity contribution >= 4 is 5.91 Å². The van der Waals surface area contributed by atoms with Gasteiger partial charge in [0, 0.05) is 12.1 Å². The summed E-state index contributed by atoms with van der Waals surface area (Å²) >= 11 is 0. The topological polar surface area (TPSA) is 49.3 Å². The zero-order valence-electron chi connectivity index (χ0n) is 12.8. The highest BCUT2D eigenvalue weighted by molar-refractivity contribution is 5.96. The van der Waals surface area contributed by atoms with E-state index in [-0.39, 0.29) is 12.5 Å². The molecule has 2 N–H and O–H groups in total.